The van der Waals surface area contributed by atoms with Crippen molar-refractivity contribution < 1.29 is 17.9 Å². The molecule has 1 atom stereocenters. The predicted molar refractivity (Wildman–Crippen MR) is 101 cm³/mol. The number of alkyl halides is 3. The van der Waals surface area contributed by atoms with Crippen LogP contribution in [0.25, 0.3) is 0 Å². The lowest BCUT2D eigenvalue weighted by molar-refractivity contribution is -0.274. The molecule has 0 spiro atoms. The molecule has 1 aliphatic rings. The first-order valence-electron chi connectivity index (χ1n) is 9.12. The van der Waals surface area contributed by atoms with Gasteiger partial charge in [0.15, 0.2) is 5.96 Å². The first kappa shape index (κ1) is 21.3. The number of aliphatic imine (C=N–C) groups is 1. The van der Waals surface area contributed by atoms with Gasteiger partial charge in [0, 0.05) is 45.0 Å². The van der Waals surface area contributed by atoms with E-state index in [9.17, 15) is 13.2 Å². The summed E-state index contributed by atoms with van der Waals surface area (Å²) in [5.74, 6) is 0.323. The summed E-state index contributed by atoms with van der Waals surface area (Å²) in [6.45, 7) is 11.3. The summed E-state index contributed by atoms with van der Waals surface area (Å²) >= 11 is 0. The molecule has 1 saturated heterocycles. The maximum absolute atomic E-state index is 12.2. The van der Waals surface area contributed by atoms with Crippen LogP contribution in [-0.4, -0.2) is 67.9 Å². The van der Waals surface area contributed by atoms with Crippen LogP contribution in [0, 0.1) is 5.92 Å². The van der Waals surface area contributed by atoms with Gasteiger partial charge in [-0.15, -0.1) is 13.2 Å². The fourth-order valence-corrected chi connectivity index (χ4v) is 2.97. The van der Waals surface area contributed by atoms with E-state index in [4.69, 9.17) is 5.73 Å². The highest BCUT2D eigenvalue weighted by molar-refractivity contribution is 5.92. The third-order valence-corrected chi connectivity index (χ3v) is 4.42. The van der Waals surface area contributed by atoms with Gasteiger partial charge in [0.1, 0.15) is 5.75 Å². The maximum Gasteiger partial charge on any atom is 0.573 e. The summed E-state index contributed by atoms with van der Waals surface area (Å²) in [6.07, 6.45) is -4.70. The topological polar surface area (TPSA) is 66.1 Å². The molecule has 0 saturated carbocycles. The zero-order chi connectivity index (χ0) is 19.9. The molecule has 2 rings (SSSR count). The minimum atomic E-state index is -4.70. The van der Waals surface area contributed by atoms with Gasteiger partial charge in [0.25, 0.3) is 0 Å². The summed E-state index contributed by atoms with van der Waals surface area (Å²) < 4.78 is 40.3. The number of nitrogens with zero attached hydrogens (tertiary/aromatic N) is 3. The van der Waals surface area contributed by atoms with E-state index in [1.807, 2.05) is 0 Å². The zero-order valence-electron chi connectivity index (χ0n) is 15.8. The Kier molecular flexibility index (Phi) is 7.73. The van der Waals surface area contributed by atoms with Gasteiger partial charge < -0.3 is 25.6 Å². The van der Waals surface area contributed by atoms with Crippen molar-refractivity contribution in [1.29, 1.82) is 0 Å². The smallest absolute Gasteiger partial charge is 0.406 e. The van der Waals surface area contributed by atoms with E-state index in [2.05, 4.69) is 38.7 Å². The second-order valence-electron chi connectivity index (χ2n) is 6.76. The molecule has 0 bridgehead atoms. The standard InChI is InChI=1S/C18H28F3N5O/c1-3-25-8-10-26(11-9-25)13-14(2)12-23-17(22)24-15-4-6-16(7-5-15)27-18(19,20)21/h4-7,14H,3,8-13H2,1-2H3,(H3,22,23,24). The van der Waals surface area contributed by atoms with E-state index >= 15 is 0 Å². The Morgan fingerprint density at radius 1 is 1.19 bits per heavy atom. The number of rotatable bonds is 7. The Hall–Kier alpha value is -2.00. The van der Waals surface area contributed by atoms with E-state index < -0.39 is 6.36 Å². The minimum Gasteiger partial charge on any atom is -0.406 e. The monoisotopic (exact) mass is 387 g/mol. The lowest BCUT2D eigenvalue weighted by atomic mass is 10.1. The van der Waals surface area contributed by atoms with Crippen molar-refractivity contribution in [2.75, 3.05) is 51.1 Å². The molecule has 1 aromatic rings. The molecule has 0 amide bonds. The zero-order valence-corrected chi connectivity index (χ0v) is 15.8. The molecular formula is C18H28F3N5O. The van der Waals surface area contributed by atoms with Gasteiger partial charge in [0.05, 0.1) is 0 Å². The fraction of sp³-hybridized carbons (Fsp3) is 0.611. The predicted octanol–water partition coefficient (Wildman–Crippen LogP) is 2.59. The lowest BCUT2D eigenvalue weighted by Gasteiger charge is -2.35. The summed E-state index contributed by atoms with van der Waals surface area (Å²) in [7, 11) is 0. The van der Waals surface area contributed by atoms with E-state index in [1.54, 1.807) is 0 Å². The number of likely N-dealkylation sites (N-methyl/N-ethyl adjacent to an activating group) is 1. The number of ether oxygens (including phenoxy) is 1. The van der Waals surface area contributed by atoms with E-state index in [-0.39, 0.29) is 11.7 Å². The number of benzene rings is 1. The van der Waals surface area contributed by atoms with Crippen LogP contribution in [0.15, 0.2) is 29.3 Å². The SMILES string of the molecule is CCN1CCN(CC(C)CN=C(N)Nc2ccc(OC(F)(F)F)cc2)CC1. The van der Waals surface area contributed by atoms with E-state index in [1.165, 1.54) is 24.3 Å². The minimum absolute atomic E-state index is 0.238. The van der Waals surface area contributed by atoms with Crippen molar-refractivity contribution in [2.24, 2.45) is 16.6 Å². The van der Waals surface area contributed by atoms with Crippen molar-refractivity contribution in [2.45, 2.75) is 20.2 Å². The molecule has 9 heteroatoms. The molecule has 0 radical (unpaired) electrons. The Morgan fingerprint density at radius 3 is 2.33 bits per heavy atom. The molecule has 0 aliphatic carbocycles. The number of nitrogens with two attached hydrogens (primary N) is 1. The summed E-state index contributed by atoms with van der Waals surface area (Å²) in [6, 6.07) is 5.36. The number of halogens is 3. The Labute approximate surface area is 158 Å². The van der Waals surface area contributed by atoms with Gasteiger partial charge in [-0.2, -0.15) is 0 Å². The second-order valence-corrected chi connectivity index (χ2v) is 6.76. The largest absolute Gasteiger partial charge is 0.573 e. The Bertz CT molecular complexity index is 598. The molecule has 0 aromatic heterocycles. The van der Waals surface area contributed by atoms with E-state index in [0.717, 1.165) is 39.3 Å². The van der Waals surface area contributed by atoms with Crippen LogP contribution in [0.4, 0.5) is 18.9 Å². The third kappa shape index (κ3) is 8.04. The Balaban J connectivity index is 1.75. The van der Waals surface area contributed by atoms with Gasteiger partial charge in [-0.25, -0.2) is 0 Å². The Morgan fingerprint density at radius 2 is 1.78 bits per heavy atom. The van der Waals surface area contributed by atoms with Crippen molar-refractivity contribution >= 4 is 11.6 Å². The van der Waals surface area contributed by atoms with Gasteiger partial charge in [-0.1, -0.05) is 13.8 Å². The normalized spacial score (nSPS) is 18.3. The van der Waals surface area contributed by atoms with Crippen molar-refractivity contribution in [3.05, 3.63) is 24.3 Å². The van der Waals surface area contributed by atoms with Gasteiger partial charge in [-0.3, -0.25) is 4.99 Å². The molecule has 27 heavy (non-hydrogen) atoms. The molecule has 152 valence electrons. The number of guanidine groups is 1. The molecule has 3 N–H and O–H groups in total. The third-order valence-electron chi connectivity index (χ3n) is 4.42. The lowest BCUT2D eigenvalue weighted by Crippen LogP contribution is -2.47. The maximum atomic E-state index is 12.2. The van der Waals surface area contributed by atoms with Gasteiger partial charge in [0.2, 0.25) is 0 Å². The highest BCUT2D eigenvalue weighted by Crippen LogP contribution is 2.23. The van der Waals surface area contributed by atoms with Crippen molar-refractivity contribution in [3.63, 3.8) is 0 Å². The van der Waals surface area contributed by atoms with Crippen molar-refractivity contribution in [3.8, 4) is 5.75 Å². The summed E-state index contributed by atoms with van der Waals surface area (Å²) in [5.41, 5.74) is 6.42. The first-order valence-corrected chi connectivity index (χ1v) is 9.12. The van der Waals surface area contributed by atoms with Crippen LogP contribution in [0.1, 0.15) is 13.8 Å². The molecule has 6 nitrogen and oxygen atoms in total. The molecule has 1 aromatic carbocycles. The number of anilines is 1. The highest BCUT2D eigenvalue weighted by Gasteiger charge is 2.30. The second kappa shape index (κ2) is 9.80. The summed E-state index contributed by atoms with van der Waals surface area (Å²) in [4.78, 5) is 9.21. The van der Waals surface area contributed by atoms with Crippen LogP contribution in [-0.2, 0) is 0 Å². The molecule has 1 unspecified atom stereocenters. The number of nitrogens with one attached hydrogen (secondary N) is 1. The molecule has 1 heterocycles. The molecule has 1 aliphatic heterocycles. The van der Waals surface area contributed by atoms with Crippen LogP contribution in [0.3, 0.4) is 0 Å². The number of piperazine rings is 1. The van der Waals surface area contributed by atoms with Crippen molar-refractivity contribution in [1.82, 2.24) is 9.80 Å². The van der Waals surface area contributed by atoms with Gasteiger partial charge in [-0.05, 0) is 36.7 Å². The number of hydrogen-bond donors (Lipinski definition) is 2. The summed E-state index contributed by atoms with van der Waals surface area (Å²) in [5, 5.41) is 2.88. The van der Waals surface area contributed by atoms with Crippen LogP contribution in [0.5, 0.6) is 5.75 Å². The molecule has 1 fully saturated rings. The van der Waals surface area contributed by atoms with Crippen LogP contribution >= 0.6 is 0 Å². The molecular weight excluding hydrogens is 359 g/mol. The quantitative estimate of drug-likeness (QED) is 0.556. The first-order chi connectivity index (χ1) is 12.7. The van der Waals surface area contributed by atoms with Gasteiger partial charge >= 0.3 is 6.36 Å². The van der Waals surface area contributed by atoms with E-state index in [0.29, 0.717) is 18.2 Å². The average molecular weight is 387 g/mol. The fourth-order valence-electron chi connectivity index (χ4n) is 2.97. The average Bonchev–Trinajstić information content (AvgIpc) is 2.61. The number of hydrogen-bond acceptors (Lipinski definition) is 4. The highest BCUT2D eigenvalue weighted by atomic mass is 19.4. The van der Waals surface area contributed by atoms with Crippen LogP contribution in [0.2, 0.25) is 0 Å². The van der Waals surface area contributed by atoms with Crippen LogP contribution < -0.4 is 15.8 Å².